The number of aryl methyl sites for hydroxylation is 1. The maximum atomic E-state index is 14.1. The summed E-state index contributed by atoms with van der Waals surface area (Å²) < 4.78 is 39.9. The molecule has 2 saturated heterocycles. The number of halogens is 3. The molecule has 0 saturated carbocycles. The molecule has 0 spiro atoms. The zero-order valence-electron chi connectivity index (χ0n) is 22.8. The first-order chi connectivity index (χ1) is 19.7. The monoisotopic (exact) mass is 595 g/mol. The molecular formula is C26H32ClF2N7O5. The van der Waals surface area contributed by atoms with Crippen molar-refractivity contribution in [3.8, 4) is 5.75 Å². The first-order valence-electron chi connectivity index (χ1n) is 13.5. The molecule has 222 valence electrons. The highest BCUT2D eigenvalue weighted by molar-refractivity contribution is 6.31. The number of aromatic nitrogens is 3. The van der Waals surface area contributed by atoms with Crippen molar-refractivity contribution in [1.29, 1.82) is 0 Å². The van der Waals surface area contributed by atoms with Crippen LogP contribution in [0.15, 0.2) is 12.1 Å². The Bertz CT molecular complexity index is 1330. The van der Waals surface area contributed by atoms with Gasteiger partial charge < -0.3 is 29.5 Å². The molecule has 41 heavy (non-hydrogen) atoms. The first-order valence-corrected chi connectivity index (χ1v) is 13.8. The van der Waals surface area contributed by atoms with E-state index in [-0.39, 0.29) is 55.5 Å². The minimum Gasteiger partial charge on any atom is -0.487 e. The third-order valence-electron chi connectivity index (χ3n) is 7.82. The number of amides is 4. The van der Waals surface area contributed by atoms with E-state index in [9.17, 15) is 23.2 Å². The van der Waals surface area contributed by atoms with E-state index in [1.807, 2.05) is 0 Å². The van der Waals surface area contributed by atoms with Crippen molar-refractivity contribution in [1.82, 2.24) is 35.0 Å². The number of ether oxygens (including phenoxy) is 2. The normalized spacial score (nSPS) is 20.9. The molecular weight excluding hydrogens is 564 g/mol. The van der Waals surface area contributed by atoms with Crippen LogP contribution in [0.1, 0.15) is 47.8 Å². The van der Waals surface area contributed by atoms with Gasteiger partial charge in [0.25, 0.3) is 6.43 Å². The molecule has 2 fully saturated rings. The van der Waals surface area contributed by atoms with E-state index >= 15 is 0 Å². The minimum atomic E-state index is -2.80. The number of likely N-dealkylation sites (tertiary alicyclic amines) is 1. The van der Waals surface area contributed by atoms with Crippen LogP contribution >= 0.6 is 11.6 Å². The third-order valence-corrected chi connectivity index (χ3v) is 8.18. The Labute approximate surface area is 240 Å². The molecule has 1 N–H and O–H groups in total. The summed E-state index contributed by atoms with van der Waals surface area (Å²) >= 11 is 6.63. The van der Waals surface area contributed by atoms with E-state index in [1.54, 1.807) is 21.9 Å². The highest BCUT2D eigenvalue weighted by Gasteiger charge is 2.42. The maximum Gasteiger partial charge on any atom is 0.317 e. The van der Waals surface area contributed by atoms with Crippen LogP contribution in [-0.2, 0) is 34.4 Å². The SMILES string of the molecule is CNC(=O)N1CCOCC1C(=O)N1CCc2c(Cl)ccc(OCc3nnn(C)c3C(F)F)c2[C@H]1CN1CCCC1=O. The number of hydrogen-bond donors (Lipinski definition) is 1. The summed E-state index contributed by atoms with van der Waals surface area (Å²) in [5.74, 6) is -0.00829. The number of carbonyl (C=O) groups is 3. The van der Waals surface area contributed by atoms with Gasteiger partial charge >= 0.3 is 6.03 Å². The van der Waals surface area contributed by atoms with Crippen molar-refractivity contribution in [3.63, 3.8) is 0 Å². The quantitative estimate of drug-likeness (QED) is 0.520. The van der Waals surface area contributed by atoms with E-state index in [0.29, 0.717) is 55.3 Å². The summed E-state index contributed by atoms with van der Waals surface area (Å²) in [6, 6.07) is 1.39. The Balaban J connectivity index is 1.51. The van der Waals surface area contributed by atoms with Crippen molar-refractivity contribution in [3.05, 3.63) is 39.7 Å². The van der Waals surface area contributed by atoms with Crippen LogP contribution < -0.4 is 10.1 Å². The molecule has 0 aliphatic carbocycles. The third kappa shape index (κ3) is 5.67. The summed E-state index contributed by atoms with van der Waals surface area (Å²) in [7, 11) is 2.88. The summed E-state index contributed by atoms with van der Waals surface area (Å²) in [6.07, 6.45) is -1.29. The fourth-order valence-corrected chi connectivity index (χ4v) is 6.03. The molecule has 1 aromatic carbocycles. The topological polar surface area (TPSA) is 122 Å². The van der Waals surface area contributed by atoms with Crippen molar-refractivity contribution < 1.29 is 32.6 Å². The summed E-state index contributed by atoms with van der Waals surface area (Å²) in [6.45, 7) is 1.33. The van der Waals surface area contributed by atoms with E-state index in [1.165, 1.54) is 19.0 Å². The molecule has 1 aromatic heterocycles. The zero-order chi connectivity index (χ0) is 29.3. The number of carbonyl (C=O) groups excluding carboxylic acids is 3. The van der Waals surface area contributed by atoms with Gasteiger partial charge in [-0.25, -0.2) is 18.3 Å². The van der Waals surface area contributed by atoms with Crippen LogP contribution in [0.5, 0.6) is 5.75 Å². The maximum absolute atomic E-state index is 14.1. The van der Waals surface area contributed by atoms with E-state index in [2.05, 4.69) is 15.6 Å². The Hall–Kier alpha value is -3.52. The van der Waals surface area contributed by atoms with Gasteiger partial charge in [-0.05, 0) is 30.5 Å². The average Bonchev–Trinajstić information content (AvgIpc) is 3.56. The molecule has 3 aliphatic rings. The van der Waals surface area contributed by atoms with Gasteiger partial charge in [-0.1, -0.05) is 16.8 Å². The number of hydrogen-bond acceptors (Lipinski definition) is 7. The molecule has 2 atom stereocenters. The minimum absolute atomic E-state index is 0.0122. The second-order valence-corrected chi connectivity index (χ2v) is 10.6. The van der Waals surface area contributed by atoms with E-state index in [4.69, 9.17) is 21.1 Å². The lowest BCUT2D eigenvalue weighted by Gasteiger charge is -2.44. The van der Waals surface area contributed by atoms with Crippen LogP contribution in [0.25, 0.3) is 0 Å². The number of nitrogens with one attached hydrogen (secondary N) is 1. The zero-order valence-corrected chi connectivity index (χ0v) is 23.6. The van der Waals surface area contributed by atoms with Gasteiger partial charge in [-0.3, -0.25) is 9.59 Å². The number of rotatable bonds is 7. The molecule has 4 heterocycles. The number of morpholine rings is 1. The van der Waals surface area contributed by atoms with Gasteiger partial charge in [0.05, 0.1) is 19.3 Å². The number of urea groups is 1. The fourth-order valence-electron chi connectivity index (χ4n) is 5.77. The lowest BCUT2D eigenvalue weighted by Crippen LogP contribution is -2.60. The molecule has 12 nitrogen and oxygen atoms in total. The molecule has 0 radical (unpaired) electrons. The van der Waals surface area contributed by atoms with Gasteiger partial charge in [0.1, 0.15) is 29.8 Å². The molecule has 1 unspecified atom stereocenters. The van der Waals surface area contributed by atoms with Gasteiger partial charge in [-0.15, -0.1) is 5.10 Å². The Morgan fingerprint density at radius 3 is 2.73 bits per heavy atom. The number of nitrogens with zero attached hydrogens (tertiary/aromatic N) is 6. The van der Waals surface area contributed by atoms with E-state index in [0.717, 1.165) is 10.2 Å². The largest absolute Gasteiger partial charge is 0.487 e. The highest BCUT2D eigenvalue weighted by Crippen LogP contribution is 2.42. The molecule has 2 aromatic rings. The second kappa shape index (κ2) is 12.1. The molecule has 0 bridgehead atoms. The van der Waals surface area contributed by atoms with Gasteiger partial charge in [-0.2, -0.15) is 0 Å². The van der Waals surface area contributed by atoms with Crippen molar-refractivity contribution in [2.75, 3.05) is 46.4 Å². The first kappa shape index (κ1) is 29.0. The molecule has 3 aliphatic heterocycles. The summed E-state index contributed by atoms with van der Waals surface area (Å²) in [5, 5.41) is 10.6. The van der Waals surface area contributed by atoms with Crippen LogP contribution in [-0.4, -0.2) is 100 Å². The van der Waals surface area contributed by atoms with Gasteiger partial charge in [0.2, 0.25) is 11.8 Å². The van der Waals surface area contributed by atoms with E-state index < -0.39 is 18.5 Å². The van der Waals surface area contributed by atoms with Crippen LogP contribution in [0.3, 0.4) is 0 Å². The predicted octanol–water partition coefficient (Wildman–Crippen LogP) is 2.07. The number of alkyl halides is 2. The van der Waals surface area contributed by atoms with Gasteiger partial charge in [0.15, 0.2) is 0 Å². The number of fused-ring (bicyclic) bond motifs is 1. The van der Waals surface area contributed by atoms with Crippen molar-refractivity contribution in [2.24, 2.45) is 7.05 Å². The Kier molecular flexibility index (Phi) is 8.59. The lowest BCUT2D eigenvalue weighted by molar-refractivity contribution is -0.145. The average molecular weight is 596 g/mol. The predicted molar refractivity (Wildman–Crippen MR) is 141 cm³/mol. The van der Waals surface area contributed by atoms with Crippen LogP contribution in [0.4, 0.5) is 13.6 Å². The standard InChI is InChI=1S/C26H32ClF2N7O5/c1-30-26(39)36-10-11-40-14-19(36)25(38)35-9-7-15-16(27)5-6-20(22(15)18(35)12-34-8-3-4-21(34)37)41-13-17-23(24(28)29)33(2)32-31-17/h5-6,18-19,24H,3-4,7-14H2,1-2H3,(H,30,39)/t18-,19?/m1/s1. The Morgan fingerprint density at radius 1 is 1.22 bits per heavy atom. The highest BCUT2D eigenvalue weighted by atomic mass is 35.5. The van der Waals surface area contributed by atoms with Crippen LogP contribution in [0.2, 0.25) is 5.02 Å². The molecule has 15 heteroatoms. The van der Waals surface area contributed by atoms with Gasteiger partial charge in [0, 0.05) is 57.3 Å². The van der Waals surface area contributed by atoms with Crippen LogP contribution in [0, 0.1) is 0 Å². The smallest absolute Gasteiger partial charge is 0.317 e. The summed E-state index contributed by atoms with van der Waals surface area (Å²) in [5.41, 5.74) is 0.987. The summed E-state index contributed by atoms with van der Waals surface area (Å²) in [4.78, 5) is 44.2. The molecule has 5 rings (SSSR count). The second-order valence-electron chi connectivity index (χ2n) is 10.2. The number of benzene rings is 1. The van der Waals surface area contributed by atoms with Crippen molar-refractivity contribution >= 4 is 29.4 Å². The fraction of sp³-hybridized carbons (Fsp3) is 0.577. The van der Waals surface area contributed by atoms with Crippen molar-refractivity contribution in [2.45, 2.75) is 44.4 Å². The Morgan fingerprint density at radius 2 is 2.02 bits per heavy atom. The molecule has 4 amide bonds. The lowest BCUT2D eigenvalue weighted by atomic mass is 9.90.